The Labute approximate surface area is 151 Å². The number of rotatable bonds is 4. The lowest BCUT2D eigenvalue weighted by atomic mass is 10.1. The van der Waals surface area contributed by atoms with Gasteiger partial charge in [0, 0.05) is 23.5 Å². The number of aryl methyl sites for hydroxylation is 1. The number of nitrogens with zero attached hydrogens (tertiary/aromatic N) is 3. The first-order chi connectivity index (χ1) is 12.6. The predicted octanol–water partition coefficient (Wildman–Crippen LogP) is 3.39. The van der Waals surface area contributed by atoms with Crippen LogP contribution in [0, 0.1) is 0 Å². The molecule has 130 valence electrons. The zero-order valence-corrected chi connectivity index (χ0v) is 14.6. The number of fused-ring (bicyclic) bond motifs is 1. The minimum Gasteiger partial charge on any atom is -0.422 e. The van der Waals surface area contributed by atoms with Crippen LogP contribution >= 0.6 is 11.3 Å². The van der Waals surface area contributed by atoms with Crippen LogP contribution in [0.2, 0.25) is 0 Å². The Morgan fingerprint density at radius 1 is 1.31 bits per heavy atom. The average Bonchev–Trinajstić information content (AvgIpc) is 3.30. The summed E-state index contributed by atoms with van der Waals surface area (Å²) in [5, 5.41) is 9.77. The molecule has 1 N–H and O–H groups in total. The minimum absolute atomic E-state index is 0.314. The number of hydrogen-bond acceptors (Lipinski definition) is 6. The van der Waals surface area contributed by atoms with E-state index in [0.717, 1.165) is 5.39 Å². The highest BCUT2D eigenvalue weighted by Gasteiger charge is 2.15. The van der Waals surface area contributed by atoms with Gasteiger partial charge in [-0.25, -0.2) is 9.78 Å². The molecule has 0 radical (unpaired) electrons. The Balaban J connectivity index is 1.61. The minimum atomic E-state index is -0.464. The zero-order chi connectivity index (χ0) is 18.1. The van der Waals surface area contributed by atoms with E-state index in [1.165, 1.54) is 11.3 Å². The molecule has 7 nitrogen and oxygen atoms in total. The normalized spacial score (nSPS) is 11.0. The van der Waals surface area contributed by atoms with Gasteiger partial charge < -0.3 is 4.42 Å². The van der Waals surface area contributed by atoms with E-state index >= 15 is 0 Å². The van der Waals surface area contributed by atoms with Gasteiger partial charge in [-0.05, 0) is 25.1 Å². The van der Waals surface area contributed by atoms with Gasteiger partial charge in [0.15, 0.2) is 10.8 Å². The zero-order valence-electron chi connectivity index (χ0n) is 13.8. The Bertz CT molecular complexity index is 1160. The number of nitrogens with one attached hydrogen (secondary N) is 1. The molecule has 0 aliphatic heterocycles. The molecule has 0 saturated heterocycles. The highest BCUT2D eigenvalue weighted by molar-refractivity contribution is 7.14. The van der Waals surface area contributed by atoms with E-state index in [2.05, 4.69) is 15.4 Å². The van der Waals surface area contributed by atoms with Crippen molar-refractivity contribution in [2.24, 2.45) is 0 Å². The highest BCUT2D eigenvalue weighted by atomic mass is 32.1. The topological polar surface area (TPSA) is 90.0 Å². The summed E-state index contributed by atoms with van der Waals surface area (Å²) in [6.07, 6.45) is 1.74. The molecule has 3 heterocycles. The van der Waals surface area contributed by atoms with Gasteiger partial charge in [-0.3, -0.25) is 14.8 Å². The largest absolute Gasteiger partial charge is 0.422 e. The van der Waals surface area contributed by atoms with Crippen LogP contribution in [0.3, 0.4) is 0 Å². The molecule has 0 atom stereocenters. The lowest BCUT2D eigenvalue weighted by molar-refractivity contribution is 0.102. The average molecular weight is 366 g/mol. The molecule has 1 aromatic carbocycles. The van der Waals surface area contributed by atoms with Crippen LogP contribution in [0.25, 0.3) is 22.2 Å². The summed E-state index contributed by atoms with van der Waals surface area (Å²) in [6, 6.07) is 10.7. The fourth-order valence-electron chi connectivity index (χ4n) is 2.52. The third kappa shape index (κ3) is 3.02. The number of carbonyl (C=O) groups is 1. The molecular weight excluding hydrogens is 352 g/mol. The molecule has 0 saturated carbocycles. The summed E-state index contributed by atoms with van der Waals surface area (Å²) in [6.45, 7) is 2.63. The van der Waals surface area contributed by atoms with Crippen LogP contribution in [-0.2, 0) is 6.54 Å². The van der Waals surface area contributed by atoms with E-state index in [0.29, 0.717) is 34.2 Å². The third-order valence-corrected chi connectivity index (χ3v) is 4.60. The summed E-state index contributed by atoms with van der Waals surface area (Å²) in [7, 11) is 0. The van der Waals surface area contributed by atoms with Gasteiger partial charge in [0.1, 0.15) is 5.58 Å². The molecule has 3 aromatic heterocycles. The van der Waals surface area contributed by atoms with Crippen molar-refractivity contribution in [3.63, 3.8) is 0 Å². The second-order valence-corrected chi connectivity index (χ2v) is 6.39. The Hall–Kier alpha value is -3.26. The molecule has 0 unspecified atom stereocenters. The van der Waals surface area contributed by atoms with E-state index in [9.17, 15) is 9.59 Å². The van der Waals surface area contributed by atoms with E-state index in [4.69, 9.17) is 4.42 Å². The summed E-state index contributed by atoms with van der Waals surface area (Å²) >= 11 is 1.24. The number of carbonyl (C=O) groups excluding carboxylic acids is 1. The molecule has 0 aliphatic carbocycles. The molecule has 4 rings (SSSR count). The molecule has 26 heavy (non-hydrogen) atoms. The number of anilines is 1. The van der Waals surface area contributed by atoms with Crippen molar-refractivity contribution in [2.45, 2.75) is 13.5 Å². The predicted molar refractivity (Wildman–Crippen MR) is 99.4 cm³/mol. The van der Waals surface area contributed by atoms with E-state index in [1.54, 1.807) is 40.5 Å². The van der Waals surface area contributed by atoms with Gasteiger partial charge in [0.05, 0.1) is 11.3 Å². The van der Waals surface area contributed by atoms with E-state index in [1.807, 2.05) is 19.1 Å². The number of amides is 1. The summed E-state index contributed by atoms with van der Waals surface area (Å²) in [5.41, 5.74) is 1.19. The van der Waals surface area contributed by atoms with Crippen molar-refractivity contribution in [3.8, 4) is 11.3 Å². The van der Waals surface area contributed by atoms with Crippen LogP contribution in [0.4, 0.5) is 5.13 Å². The second kappa shape index (κ2) is 6.57. The van der Waals surface area contributed by atoms with Gasteiger partial charge in [0.25, 0.3) is 5.91 Å². The van der Waals surface area contributed by atoms with Crippen LogP contribution in [0.15, 0.2) is 57.2 Å². The van der Waals surface area contributed by atoms with Crippen molar-refractivity contribution in [2.75, 3.05) is 5.32 Å². The molecule has 1 amide bonds. The maximum absolute atomic E-state index is 12.2. The SMILES string of the molecule is CCn1ccc(C(=O)Nc2nc(-c3cc4ccccc4oc3=O)cs2)n1. The quantitative estimate of drug-likeness (QED) is 0.559. The standard InChI is InChI=1S/C18H14N4O3S/c1-2-22-8-7-13(21-22)16(23)20-18-19-14(10-26-18)12-9-11-5-3-4-6-15(11)25-17(12)24/h3-10H,2H2,1H3,(H,19,20,23). The van der Waals surface area contributed by atoms with Crippen LogP contribution < -0.4 is 10.9 Å². The van der Waals surface area contributed by atoms with Crippen molar-refractivity contribution >= 4 is 33.3 Å². The monoisotopic (exact) mass is 366 g/mol. The molecule has 0 bridgehead atoms. The summed E-state index contributed by atoms with van der Waals surface area (Å²) < 4.78 is 7.00. The molecule has 4 aromatic rings. The van der Waals surface area contributed by atoms with E-state index < -0.39 is 5.63 Å². The number of para-hydroxylation sites is 1. The first-order valence-electron chi connectivity index (χ1n) is 7.97. The maximum Gasteiger partial charge on any atom is 0.345 e. The van der Waals surface area contributed by atoms with Gasteiger partial charge in [-0.2, -0.15) is 5.10 Å². The summed E-state index contributed by atoms with van der Waals surface area (Å²) in [4.78, 5) is 28.8. The lowest BCUT2D eigenvalue weighted by Gasteiger charge is -2.00. The molecule has 0 spiro atoms. The van der Waals surface area contributed by atoms with Gasteiger partial charge in [0.2, 0.25) is 0 Å². The second-order valence-electron chi connectivity index (χ2n) is 5.53. The Morgan fingerprint density at radius 2 is 2.15 bits per heavy atom. The maximum atomic E-state index is 12.2. The number of benzene rings is 1. The first kappa shape index (κ1) is 16.2. The van der Waals surface area contributed by atoms with Crippen molar-refractivity contribution in [3.05, 3.63) is 64.1 Å². The van der Waals surface area contributed by atoms with Crippen molar-refractivity contribution in [1.82, 2.24) is 14.8 Å². The highest BCUT2D eigenvalue weighted by Crippen LogP contribution is 2.25. The van der Waals surface area contributed by atoms with Gasteiger partial charge in [-0.1, -0.05) is 18.2 Å². The Kier molecular flexibility index (Phi) is 4.10. The molecule has 0 fully saturated rings. The van der Waals surface area contributed by atoms with Crippen molar-refractivity contribution in [1.29, 1.82) is 0 Å². The molecule has 0 aliphatic rings. The Morgan fingerprint density at radius 3 is 2.96 bits per heavy atom. The smallest absolute Gasteiger partial charge is 0.345 e. The lowest BCUT2D eigenvalue weighted by Crippen LogP contribution is -2.13. The number of thiazole rings is 1. The molecule has 8 heteroatoms. The summed E-state index contributed by atoms with van der Waals surface area (Å²) in [5.74, 6) is -0.344. The van der Waals surface area contributed by atoms with Crippen molar-refractivity contribution < 1.29 is 9.21 Å². The van der Waals surface area contributed by atoms with Crippen LogP contribution in [-0.4, -0.2) is 20.7 Å². The van der Waals surface area contributed by atoms with Gasteiger partial charge in [-0.15, -0.1) is 11.3 Å². The van der Waals surface area contributed by atoms with Crippen LogP contribution in [0.5, 0.6) is 0 Å². The third-order valence-electron chi connectivity index (χ3n) is 3.84. The fourth-order valence-corrected chi connectivity index (χ4v) is 3.22. The van der Waals surface area contributed by atoms with Gasteiger partial charge >= 0.3 is 5.63 Å². The molecular formula is C18H14N4O3S. The van der Waals surface area contributed by atoms with E-state index in [-0.39, 0.29) is 5.91 Å². The van der Waals surface area contributed by atoms with Crippen LogP contribution in [0.1, 0.15) is 17.4 Å². The first-order valence-corrected chi connectivity index (χ1v) is 8.85. The number of aromatic nitrogens is 3. The fraction of sp³-hybridized carbons (Fsp3) is 0.111. The number of hydrogen-bond donors (Lipinski definition) is 1.